The van der Waals surface area contributed by atoms with Gasteiger partial charge in [0.15, 0.2) is 0 Å². The molecule has 0 radical (unpaired) electrons. The zero-order chi connectivity index (χ0) is 13.0. The molecule has 5 nitrogen and oxygen atoms in total. The van der Waals surface area contributed by atoms with E-state index in [9.17, 15) is 4.79 Å². The minimum absolute atomic E-state index is 0.0402. The standard InChI is InChI=1S/C12H22N4O/c1-5-16(8-9(2)6-13)12(17)11-7-14-15(4)10(11)3/h7,9H,5-6,8,13H2,1-4H3. The van der Waals surface area contributed by atoms with Gasteiger partial charge in [-0.25, -0.2) is 0 Å². The van der Waals surface area contributed by atoms with Crippen molar-refractivity contribution in [3.63, 3.8) is 0 Å². The van der Waals surface area contributed by atoms with Crippen LogP contribution in [0.15, 0.2) is 6.20 Å². The van der Waals surface area contributed by atoms with Gasteiger partial charge in [-0.1, -0.05) is 6.92 Å². The molecule has 0 saturated carbocycles. The van der Waals surface area contributed by atoms with Gasteiger partial charge in [0.2, 0.25) is 0 Å². The molecule has 17 heavy (non-hydrogen) atoms. The highest BCUT2D eigenvalue weighted by Crippen LogP contribution is 2.11. The molecule has 0 aliphatic carbocycles. The van der Waals surface area contributed by atoms with Crippen LogP contribution in [0.25, 0.3) is 0 Å². The summed E-state index contributed by atoms with van der Waals surface area (Å²) in [7, 11) is 1.84. The molecule has 1 heterocycles. The van der Waals surface area contributed by atoms with E-state index in [1.54, 1.807) is 10.9 Å². The molecular weight excluding hydrogens is 216 g/mol. The first-order valence-corrected chi connectivity index (χ1v) is 5.99. The smallest absolute Gasteiger partial charge is 0.257 e. The minimum atomic E-state index is 0.0402. The Hall–Kier alpha value is -1.36. The molecule has 96 valence electrons. The maximum absolute atomic E-state index is 12.3. The minimum Gasteiger partial charge on any atom is -0.339 e. The Morgan fingerprint density at radius 3 is 2.71 bits per heavy atom. The summed E-state index contributed by atoms with van der Waals surface area (Å²) in [4.78, 5) is 14.1. The molecule has 0 aliphatic heterocycles. The number of nitrogens with two attached hydrogens (primary N) is 1. The Morgan fingerprint density at radius 1 is 1.65 bits per heavy atom. The van der Waals surface area contributed by atoms with Gasteiger partial charge in [0, 0.05) is 25.8 Å². The van der Waals surface area contributed by atoms with Crippen LogP contribution in [-0.4, -0.2) is 40.2 Å². The summed E-state index contributed by atoms with van der Waals surface area (Å²) in [6.07, 6.45) is 1.63. The van der Waals surface area contributed by atoms with Gasteiger partial charge in [0.25, 0.3) is 5.91 Å². The van der Waals surface area contributed by atoms with Crippen LogP contribution in [0.5, 0.6) is 0 Å². The van der Waals surface area contributed by atoms with Crippen LogP contribution >= 0.6 is 0 Å². The van der Waals surface area contributed by atoms with Crippen molar-refractivity contribution >= 4 is 5.91 Å². The number of rotatable bonds is 5. The Balaban J connectivity index is 2.83. The van der Waals surface area contributed by atoms with E-state index in [4.69, 9.17) is 5.73 Å². The van der Waals surface area contributed by atoms with Crippen LogP contribution in [0.4, 0.5) is 0 Å². The fraction of sp³-hybridized carbons (Fsp3) is 0.667. The molecule has 5 heteroatoms. The van der Waals surface area contributed by atoms with Gasteiger partial charge in [0.05, 0.1) is 11.8 Å². The largest absolute Gasteiger partial charge is 0.339 e. The molecular formula is C12H22N4O. The highest BCUT2D eigenvalue weighted by molar-refractivity contribution is 5.95. The first kappa shape index (κ1) is 13.7. The topological polar surface area (TPSA) is 64.2 Å². The number of aryl methyl sites for hydroxylation is 1. The average molecular weight is 238 g/mol. The molecule has 1 atom stereocenters. The lowest BCUT2D eigenvalue weighted by Crippen LogP contribution is -2.36. The molecule has 0 fully saturated rings. The van der Waals surface area contributed by atoms with Crippen LogP contribution in [0, 0.1) is 12.8 Å². The van der Waals surface area contributed by atoms with Gasteiger partial charge in [-0.3, -0.25) is 9.48 Å². The van der Waals surface area contributed by atoms with Crippen molar-refractivity contribution in [3.05, 3.63) is 17.5 Å². The zero-order valence-electron chi connectivity index (χ0n) is 11.1. The molecule has 0 aliphatic rings. The van der Waals surface area contributed by atoms with Gasteiger partial charge < -0.3 is 10.6 Å². The molecule has 0 bridgehead atoms. The second-order valence-corrected chi connectivity index (χ2v) is 4.45. The van der Waals surface area contributed by atoms with Gasteiger partial charge >= 0.3 is 0 Å². The second kappa shape index (κ2) is 5.82. The lowest BCUT2D eigenvalue weighted by molar-refractivity contribution is 0.0743. The lowest BCUT2D eigenvalue weighted by Gasteiger charge is -2.23. The van der Waals surface area contributed by atoms with Crippen molar-refractivity contribution in [2.24, 2.45) is 18.7 Å². The van der Waals surface area contributed by atoms with Crippen LogP contribution < -0.4 is 5.73 Å². The molecule has 2 N–H and O–H groups in total. The molecule has 0 spiro atoms. The third kappa shape index (κ3) is 3.06. The zero-order valence-corrected chi connectivity index (χ0v) is 11.1. The van der Waals surface area contributed by atoms with E-state index in [0.29, 0.717) is 31.1 Å². The van der Waals surface area contributed by atoms with Gasteiger partial charge in [-0.2, -0.15) is 5.10 Å². The lowest BCUT2D eigenvalue weighted by atomic mass is 10.1. The molecule has 0 aromatic carbocycles. The predicted molar refractivity (Wildman–Crippen MR) is 67.7 cm³/mol. The number of carbonyl (C=O) groups is 1. The average Bonchev–Trinajstić information content (AvgIpc) is 2.66. The quantitative estimate of drug-likeness (QED) is 0.824. The third-order valence-corrected chi connectivity index (χ3v) is 3.07. The van der Waals surface area contributed by atoms with E-state index in [2.05, 4.69) is 5.10 Å². The second-order valence-electron chi connectivity index (χ2n) is 4.45. The van der Waals surface area contributed by atoms with Gasteiger partial charge in [-0.15, -0.1) is 0 Å². The number of nitrogens with zero attached hydrogens (tertiary/aromatic N) is 3. The number of amides is 1. The normalized spacial score (nSPS) is 12.5. The first-order valence-electron chi connectivity index (χ1n) is 5.99. The van der Waals surface area contributed by atoms with Crippen LogP contribution in [-0.2, 0) is 7.05 Å². The van der Waals surface area contributed by atoms with Crippen molar-refractivity contribution in [2.75, 3.05) is 19.6 Å². The number of carbonyl (C=O) groups excluding carboxylic acids is 1. The molecule has 1 aromatic rings. The fourth-order valence-corrected chi connectivity index (χ4v) is 1.69. The van der Waals surface area contributed by atoms with Crippen LogP contribution in [0.2, 0.25) is 0 Å². The summed E-state index contributed by atoms with van der Waals surface area (Å²) in [6.45, 7) is 7.91. The van der Waals surface area contributed by atoms with Crippen molar-refractivity contribution in [2.45, 2.75) is 20.8 Å². The predicted octanol–water partition coefficient (Wildman–Crippen LogP) is 0.785. The molecule has 1 rings (SSSR count). The Bertz CT molecular complexity index is 386. The van der Waals surface area contributed by atoms with Gasteiger partial charge in [-0.05, 0) is 26.3 Å². The Labute approximate surface area is 103 Å². The Kier molecular flexibility index (Phi) is 4.69. The number of hydrogen-bond donors (Lipinski definition) is 1. The van der Waals surface area contributed by atoms with E-state index in [1.807, 2.05) is 32.7 Å². The number of aromatic nitrogens is 2. The summed E-state index contributed by atoms with van der Waals surface area (Å²) in [5, 5.41) is 4.10. The third-order valence-electron chi connectivity index (χ3n) is 3.07. The summed E-state index contributed by atoms with van der Waals surface area (Å²) in [5.74, 6) is 0.356. The molecule has 1 amide bonds. The summed E-state index contributed by atoms with van der Waals surface area (Å²) >= 11 is 0. The summed E-state index contributed by atoms with van der Waals surface area (Å²) in [5.41, 5.74) is 7.17. The first-order chi connectivity index (χ1) is 8.01. The summed E-state index contributed by atoms with van der Waals surface area (Å²) < 4.78 is 1.72. The van der Waals surface area contributed by atoms with E-state index in [1.165, 1.54) is 0 Å². The molecule has 1 aromatic heterocycles. The van der Waals surface area contributed by atoms with Crippen molar-refractivity contribution < 1.29 is 4.79 Å². The Morgan fingerprint density at radius 2 is 2.29 bits per heavy atom. The van der Waals surface area contributed by atoms with Crippen molar-refractivity contribution in [1.82, 2.24) is 14.7 Å². The van der Waals surface area contributed by atoms with Crippen molar-refractivity contribution in [1.29, 1.82) is 0 Å². The van der Waals surface area contributed by atoms with Gasteiger partial charge in [0.1, 0.15) is 0 Å². The van der Waals surface area contributed by atoms with E-state index in [-0.39, 0.29) is 5.91 Å². The maximum atomic E-state index is 12.3. The maximum Gasteiger partial charge on any atom is 0.257 e. The monoisotopic (exact) mass is 238 g/mol. The molecule has 0 saturated heterocycles. The van der Waals surface area contributed by atoms with E-state index < -0.39 is 0 Å². The van der Waals surface area contributed by atoms with E-state index in [0.717, 1.165) is 5.69 Å². The highest BCUT2D eigenvalue weighted by atomic mass is 16.2. The van der Waals surface area contributed by atoms with Crippen molar-refractivity contribution in [3.8, 4) is 0 Å². The molecule has 1 unspecified atom stereocenters. The summed E-state index contributed by atoms with van der Waals surface area (Å²) in [6, 6.07) is 0. The fourth-order valence-electron chi connectivity index (χ4n) is 1.69. The number of hydrogen-bond acceptors (Lipinski definition) is 3. The van der Waals surface area contributed by atoms with Crippen LogP contribution in [0.3, 0.4) is 0 Å². The highest BCUT2D eigenvalue weighted by Gasteiger charge is 2.19. The SMILES string of the molecule is CCN(CC(C)CN)C(=O)c1cnn(C)c1C. The van der Waals surface area contributed by atoms with E-state index >= 15 is 0 Å². The van der Waals surface area contributed by atoms with Crippen LogP contribution in [0.1, 0.15) is 29.9 Å².